The van der Waals surface area contributed by atoms with Crippen molar-refractivity contribution in [2.75, 3.05) is 13.1 Å². The van der Waals surface area contributed by atoms with Crippen LogP contribution in [-0.2, 0) is 22.7 Å². The van der Waals surface area contributed by atoms with Gasteiger partial charge in [-0.15, -0.1) is 11.3 Å². The summed E-state index contributed by atoms with van der Waals surface area (Å²) in [6, 6.07) is 14.0. The Kier molecular flexibility index (Phi) is 7.67. The Morgan fingerprint density at radius 3 is 2.36 bits per heavy atom. The van der Waals surface area contributed by atoms with Crippen LogP contribution in [0, 0.1) is 0 Å². The molecule has 4 nitrogen and oxygen atoms in total. The quantitative estimate of drug-likeness (QED) is 0.681. The fourth-order valence-corrected chi connectivity index (χ4v) is 3.31. The Hall–Kier alpha value is -2.14. The lowest BCUT2D eigenvalue weighted by Crippen LogP contribution is -2.42. The Labute approximate surface area is 154 Å². The van der Waals surface area contributed by atoms with Crippen molar-refractivity contribution in [2.24, 2.45) is 0 Å². The molecule has 1 heterocycles. The van der Waals surface area contributed by atoms with Gasteiger partial charge in [0.25, 0.3) is 0 Å². The number of rotatable bonds is 9. The number of amides is 2. The van der Waals surface area contributed by atoms with Crippen LogP contribution in [0.25, 0.3) is 0 Å². The molecule has 0 radical (unpaired) electrons. The predicted octanol–water partition coefficient (Wildman–Crippen LogP) is 3.93. The number of hydrogen-bond donors (Lipinski definition) is 0. The van der Waals surface area contributed by atoms with Crippen molar-refractivity contribution >= 4 is 23.2 Å². The number of nitrogens with zero attached hydrogens (tertiary/aromatic N) is 2. The van der Waals surface area contributed by atoms with E-state index >= 15 is 0 Å². The summed E-state index contributed by atoms with van der Waals surface area (Å²) in [4.78, 5) is 29.4. The standard InChI is InChI=1S/C20H26N2O2S/c1-3-4-12-21(17(2)23)16-20(24)22(15-19-11-8-13-25-19)14-18-9-6-5-7-10-18/h5-11,13H,3-4,12,14-16H2,1-2H3. The number of benzene rings is 1. The zero-order valence-corrected chi connectivity index (χ0v) is 15.8. The number of thiophene rings is 1. The van der Waals surface area contributed by atoms with E-state index < -0.39 is 0 Å². The molecule has 1 aromatic heterocycles. The molecule has 0 spiro atoms. The Bertz CT molecular complexity index is 656. The first-order chi connectivity index (χ1) is 12.1. The van der Waals surface area contributed by atoms with E-state index in [1.54, 1.807) is 16.2 Å². The topological polar surface area (TPSA) is 40.6 Å². The molecule has 0 saturated heterocycles. The molecular weight excluding hydrogens is 332 g/mol. The van der Waals surface area contributed by atoms with Gasteiger partial charge in [0, 0.05) is 24.9 Å². The van der Waals surface area contributed by atoms with Crippen LogP contribution in [0.2, 0.25) is 0 Å². The van der Waals surface area contributed by atoms with E-state index in [0.29, 0.717) is 19.6 Å². The fourth-order valence-electron chi connectivity index (χ4n) is 2.59. The van der Waals surface area contributed by atoms with E-state index in [0.717, 1.165) is 23.3 Å². The van der Waals surface area contributed by atoms with Gasteiger partial charge in [0.15, 0.2) is 0 Å². The molecule has 0 unspecified atom stereocenters. The summed E-state index contributed by atoms with van der Waals surface area (Å²) in [7, 11) is 0. The molecule has 0 N–H and O–H groups in total. The second-order valence-corrected chi connectivity index (χ2v) is 7.14. The van der Waals surface area contributed by atoms with Crippen LogP contribution in [0.15, 0.2) is 47.8 Å². The van der Waals surface area contributed by atoms with Crippen LogP contribution in [0.5, 0.6) is 0 Å². The van der Waals surface area contributed by atoms with Gasteiger partial charge in [0.2, 0.25) is 11.8 Å². The van der Waals surface area contributed by atoms with Crippen LogP contribution < -0.4 is 0 Å². The third kappa shape index (κ3) is 6.35. The van der Waals surface area contributed by atoms with Crippen LogP contribution >= 0.6 is 11.3 Å². The smallest absolute Gasteiger partial charge is 0.242 e. The van der Waals surface area contributed by atoms with Crippen LogP contribution in [0.1, 0.15) is 37.1 Å². The van der Waals surface area contributed by atoms with Crippen molar-refractivity contribution in [3.63, 3.8) is 0 Å². The summed E-state index contributed by atoms with van der Waals surface area (Å²) < 4.78 is 0. The molecule has 134 valence electrons. The largest absolute Gasteiger partial charge is 0.334 e. The molecule has 0 atom stereocenters. The van der Waals surface area contributed by atoms with E-state index in [-0.39, 0.29) is 18.4 Å². The number of hydrogen-bond acceptors (Lipinski definition) is 3. The highest BCUT2D eigenvalue weighted by atomic mass is 32.1. The van der Waals surface area contributed by atoms with Crippen molar-refractivity contribution in [1.29, 1.82) is 0 Å². The Morgan fingerprint density at radius 1 is 1.00 bits per heavy atom. The first kappa shape index (κ1) is 19.2. The van der Waals surface area contributed by atoms with Crippen molar-refractivity contribution in [3.8, 4) is 0 Å². The Balaban J connectivity index is 2.09. The number of carbonyl (C=O) groups excluding carboxylic acids is 2. The van der Waals surface area contributed by atoms with Gasteiger partial charge in [0.05, 0.1) is 13.1 Å². The molecule has 0 fully saturated rings. The zero-order chi connectivity index (χ0) is 18.1. The van der Waals surface area contributed by atoms with E-state index in [9.17, 15) is 9.59 Å². The highest BCUT2D eigenvalue weighted by molar-refractivity contribution is 7.09. The normalized spacial score (nSPS) is 10.5. The molecule has 2 amide bonds. The monoisotopic (exact) mass is 358 g/mol. The molecule has 25 heavy (non-hydrogen) atoms. The highest BCUT2D eigenvalue weighted by Gasteiger charge is 2.20. The van der Waals surface area contributed by atoms with Crippen molar-refractivity contribution in [1.82, 2.24) is 9.80 Å². The molecule has 0 saturated carbocycles. The molecule has 5 heteroatoms. The predicted molar refractivity (Wildman–Crippen MR) is 102 cm³/mol. The molecule has 1 aromatic carbocycles. The van der Waals surface area contributed by atoms with Gasteiger partial charge in [-0.25, -0.2) is 0 Å². The summed E-state index contributed by atoms with van der Waals surface area (Å²) in [5, 5.41) is 2.02. The van der Waals surface area contributed by atoms with E-state index in [1.807, 2.05) is 52.7 Å². The molecule has 0 aliphatic heterocycles. The maximum absolute atomic E-state index is 12.9. The summed E-state index contributed by atoms with van der Waals surface area (Å²) in [6.07, 6.45) is 1.91. The van der Waals surface area contributed by atoms with Gasteiger partial charge in [-0.3, -0.25) is 9.59 Å². The zero-order valence-electron chi connectivity index (χ0n) is 15.0. The Morgan fingerprint density at radius 2 is 1.76 bits per heavy atom. The first-order valence-corrected chi connectivity index (χ1v) is 9.57. The number of unbranched alkanes of at least 4 members (excludes halogenated alkanes) is 1. The molecule has 0 bridgehead atoms. The van der Waals surface area contributed by atoms with E-state index in [4.69, 9.17) is 0 Å². The van der Waals surface area contributed by atoms with Gasteiger partial charge in [0.1, 0.15) is 0 Å². The second-order valence-electron chi connectivity index (χ2n) is 6.11. The average molecular weight is 359 g/mol. The molecule has 0 aliphatic carbocycles. The van der Waals surface area contributed by atoms with Gasteiger partial charge in [-0.1, -0.05) is 49.7 Å². The van der Waals surface area contributed by atoms with Crippen molar-refractivity contribution in [2.45, 2.75) is 39.8 Å². The summed E-state index contributed by atoms with van der Waals surface area (Å²) in [6.45, 7) is 5.52. The van der Waals surface area contributed by atoms with Crippen LogP contribution in [0.3, 0.4) is 0 Å². The molecule has 2 aromatic rings. The number of carbonyl (C=O) groups is 2. The maximum Gasteiger partial charge on any atom is 0.242 e. The molecular formula is C20H26N2O2S. The van der Waals surface area contributed by atoms with Gasteiger partial charge >= 0.3 is 0 Å². The summed E-state index contributed by atoms with van der Waals surface area (Å²) in [5.41, 5.74) is 1.09. The third-order valence-corrected chi connectivity index (χ3v) is 4.91. The lowest BCUT2D eigenvalue weighted by molar-refractivity contribution is -0.140. The second kappa shape index (κ2) is 9.99. The first-order valence-electron chi connectivity index (χ1n) is 8.69. The third-order valence-electron chi connectivity index (χ3n) is 4.05. The van der Waals surface area contributed by atoms with Gasteiger partial charge in [-0.2, -0.15) is 0 Å². The molecule has 0 aliphatic rings. The highest BCUT2D eigenvalue weighted by Crippen LogP contribution is 2.15. The molecule has 2 rings (SSSR count). The lowest BCUT2D eigenvalue weighted by Gasteiger charge is -2.27. The van der Waals surface area contributed by atoms with Gasteiger partial charge < -0.3 is 9.80 Å². The minimum absolute atomic E-state index is 0.0106. The fraction of sp³-hybridized carbons (Fsp3) is 0.400. The minimum atomic E-state index is -0.0439. The summed E-state index contributed by atoms with van der Waals surface area (Å²) in [5.74, 6) is -0.0545. The van der Waals surface area contributed by atoms with Crippen molar-refractivity contribution < 1.29 is 9.59 Å². The van der Waals surface area contributed by atoms with Gasteiger partial charge in [-0.05, 0) is 23.4 Å². The van der Waals surface area contributed by atoms with Crippen molar-refractivity contribution in [3.05, 3.63) is 58.3 Å². The van der Waals surface area contributed by atoms with E-state index in [2.05, 4.69) is 6.92 Å². The summed E-state index contributed by atoms with van der Waals surface area (Å²) >= 11 is 1.64. The minimum Gasteiger partial charge on any atom is -0.334 e. The van der Waals surface area contributed by atoms with Crippen LogP contribution in [-0.4, -0.2) is 34.7 Å². The SMILES string of the molecule is CCCCN(CC(=O)N(Cc1ccccc1)Cc1cccs1)C(C)=O. The van der Waals surface area contributed by atoms with Crippen LogP contribution in [0.4, 0.5) is 0 Å². The maximum atomic E-state index is 12.9. The lowest BCUT2D eigenvalue weighted by atomic mass is 10.2. The average Bonchev–Trinajstić information content (AvgIpc) is 3.11. The van der Waals surface area contributed by atoms with E-state index in [1.165, 1.54) is 6.92 Å².